The molecule has 0 saturated carbocycles. The number of halogens is 9. The number of hydrogen-bond donors (Lipinski definition) is 0. The first kappa shape index (κ1) is 34.5. The van der Waals surface area contributed by atoms with Gasteiger partial charge in [0.05, 0.1) is 27.2 Å². The van der Waals surface area contributed by atoms with Crippen LogP contribution in [0.3, 0.4) is 0 Å². The first-order valence-corrected chi connectivity index (χ1v) is 15.1. The van der Waals surface area contributed by atoms with Gasteiger partial charge in [0.1, 0.15) is 23.1 Å². The minimum Gasteiger partial charge on any atom is -0.430 e. The molecular formula is C35H9F9N10O. The summed E-state index contributed by atoms with van der Waals surface area (Å²) in [5, 5.41) is 20.5. The molecule has 0 radical (unpaired) electrons. The molecule has 0 atom stereocenters. The normalized spacial score (nSPS) is 13.6. The maximum absolute atomic E-state index is 14.7. The third kappa shape index (κ3) is 5.22. The number of rotatable bonds is 4. The van der Waals surface area contributed by atoms with E-state index >= 15 is 0 Å². The second-order valence-corrected chi connectivity index (χ2v) is 11.4. The zero-order valence-electron chi connectivity index (χ0n) is 26.7. The molecule has 0 amide bonds. The number of allylic oxidation sites excluding steroid dienone is 2. The predicted octanol–water partition coefficient (Wildman–Crippen LogP) is 5.26. The molecule has 0 bridgehead atoms. The van der Waals surface area contributed by atoms with Crippen LogP contribution in [0.15, 0.2) is 72.4 Å². The summed E-state index contributed by atoms with van der Waals surface area (Å²) < 4.78 is 134. The summed E-state index contributed by atoms with van der Waals surface area (Å²) in [4.78, 5) is 33.5. The smallest absolute Gasteiger partial charge is 0.266 e. The number of para-hydroxylation sites is 2. The lowest BCUT2D eigenvalue weighted by Crippen LogP contribution is -2.25. The number of oxazole rings is 1. The molecular weight excluding hydrogens is 747 g/mol. The van der Waals surface area contributed by atoms with Gasteiger partial charge in [0.25, 0.3) is 5.89 Å². The van der Waals surface area contributed by atoms with Crippen molar-refractivity contribution in [3.05, 3.63) is 139 Å². The van der Waals surface area contributed by atoms with E-state index in [-0.39, 0.29) is 39.3 Å². The summed E-state index contributed by atoms with van der Waals surface area (Å²) in [6.07, 6.45) is 0. The first-order chi connectivity index (χ1) is 26.3. The topological polar surface area (TPSA) is 162 Å². The van der Waals surface area contributed by atoms with Crippen molar-refractivity contribution in [1.82, 2.24) is 19.9 Å². The Hall–Kier alpha value is -7.61. The fourth-order valence-electron chi connectivity index (χ4n) is 5.53. The molecule has 0 unspecified atom stereocenters. The maximum Gasteiger partial charge on any atom is 0.266 e. The number of fused-ring (bicyclic) bond motifs is 3. The van der Waals surface area contributed by atoms with Crippen LogP contribution >= 0.6 is 0 Å². The van der Waals surface area contributed by atoms with E-state index in [1.807, 2.05) is 6.07 Å². The van der Waals surface area contributed by atoms with Crippen molar-refractivity contribution in [2.45, 2.75) is 6.92 Å². The summed E-state index contributed by atoms with van der Waals surface area (Å²) in [5.74, 6) is -22.5. The van der Waals surface area contributed by atoms with Crippen molar-refractivity contribution in [2.75, 3.05) is 0 Å². The molecule has 268 valence electrons. The zero-order chi connectivity index (χ0) is 39.0. The number of benzene rings is 4. The molecule has 4 aromatic carbocycles. The summed E-state index contributed by atoms with van der Waals surface area (Å²) in [6, 6.07) is 12.4. The molecule has 0 fully saturated rings. The van der Waals surface area contributed by atoms with Gasteiger partial charge in [-0.1, -0.05) is 12.1 Å². The van der Waals surface area contributed by atoms with E-state index in [1.54, 1.807) is 24.3 Å². The van der Waals surface area contributed by atoms with E-state index in [2.05, 4.69) is 39.9 Å². The quantitative estimate of drug-likeness (QED) is 0.103. The van der Waals surface area contributed by atoms with Crippen molar-refractivity contribution in [1.29, 1.82) is 10.5 Å². The third-order valence-corrected chi connectivity index (χ3v) is 8.19. The van der Waals surface area contributed by atoms with Crippen LogP contribution in [0.25, 0.3) is 45.3 Å². The van der Waals surface area contributed by atoms with Crippen LogP contribution in [0, 0.1) is 75.0 Å². The summed E-state index contributed by atoms with van der Waals surface area (Å²) in [6.45, 7) is 1.50. The lowest BCUT2D eigenvalue weighted by atomic mass is 10.0. The highest BCUT2D eigenvalue weighted by Gasteiger charge is 2.31. The zero-order valence-corrected chi connectivity index (χ0v) is 26.7. The van der Waals surface area contributed by atoms with Gasteiger partial charge < -0.3 is 4.42 Å². The monoisotopic (exact) mass is 756 g/mol. The van der Waals surface area contributed by atoms with Gasteiger partial charge in [0.2, 0.25) is 23.3 Å². The van der Waals surface area contributed by atoms with Gasteiger partial charge in [-0.15, -0.1) is 0 Å². The van der Waals surface area contributed by atoms with Gasteiger partial charge in [0.15, 0.2) is 69.3 Å². The average molecular weight is 757 g/mol. The molecule has 6 aromatic rings. The van der Waals surface area contributed by atoms with E-state index in [9.17, 15) is 50.0 Å². The third-order valence-electron chi connectivity index (χ3n) is 8.19. The molecule has 2 aromatic heterocycles. The summed E-state index contributed by atoms with van der Waals surface area (Å²) >= 11 is 0. The predicted molar refractivity (Wildman–Crippen MR) is 165 cm³/mol. The van der Waals surface area contributed by atoms with E-state index in [1.165, 1.54) is 25.1 Å². The Bertz CT molecular complexity index is 3090. The van der Waals surface area contributed by atoms with Crippen LogP contribution in [0.2, 0.25) is 0 Å². The largest absolute Gasteiger partial charge is 0.430 e. The molecule has 0 spiro atoms. The Balaban J connectivity index is 1.37. The highest BCUT2D eigenvalue weighted by molar-refractivity contribution is 5.81. The standard InChI is InChI=1S/C35H9F9N10O/c1-10(30-47-14-4-2-3-5-15(14)48-30)31-52-32(54-34(53-31)35-51-28-25(43)23(41)24(42)26(44)29(28)55-35)11-6-7-16-27(12(11)8-45)50-33(49-16)13(9-46)17-18(36)20(38)22(40)21(39)19(17)37/h2-7H,1H3/b33-13+. The van der Waals surface area contributed by atoms with Gasteiger partial charge in [-0.3, -0.25) is 0 Å². The highest BCUT2D eigenvalue weighted by atomic mass is 19.2. The first-order valence-electron chi connectivity index (χ1n) is 15.1. The Labute approximate surface area is 297 Å². The van der Waals surface area contributed by atoms with Crippen molar-refractivity contribution in [3.8, 4) is 35.2 Å². The highest BCUT2D eigenvalue weighted by Crippen LogP contribution is 2.33. The number of aromatic nitrogens is 4. The van der Waals surface area contributed by atoms with Crippen molar-refractivity contribution >= 4 is 22.2 Å². The molecule has 2 aliphatic rings. The lowest BCUT2D eigenvalue weighted by molar-refractivity contribution is 0.376. The Morgan fingerprint density at radius 1 is 0.600 bits per heavy atom. The molecule has 55 heavy (non-hydrogen) atoms. The van der Waals surface area contributed by atoms with Crippen LogP contribution in [0.1, 0.15) is 23.9 Å². The molecule has 0 aliphatic carbocycles. The van der Waals surface area contributed by atoms with E-state index in [4.69, 9.17) is 4.42 Å². The van der Waals surface area contributed by atoms with E-state index in [0.29, 0.717) is 10.7 Å². The molecule has 2 aliphatic heterocycles. The minimum atomic E-state index is -2.46. The van der Waals surface area contributed by atoms with Gasteiger partial charge in [-0.2, -0.15) is 14.9 Å². The fraction of sp³-hybridized carbons (Fsp3) is 0.0286. The van der Waals surface area contributed by atoms with Crippen molar-refractivity contribution in [2.24, 2.45) is 20.0 Å². The number of nitrogens with zero attached hydrogens (tertiary/aromatic N) is 10. The van der Waals surface area contributed by atoms with Crippen LogP contribution in [-0.2, 0) is 0 Å². The summed E-state index contributed by atoms with van der Waals surface area (Å²) in [7, 11) is 0. The van der Waals surface area contributed by atoms with E-state index in [0.717, 1.165) is 0 Å². The number of nitriles is 2. The molecule has 11 nitrogen and oxygen atoms in total. The molecule has 4 heterocycles. The minimum absolute atomic E-state index is 0.110. The second-order valence-electron chi connectivity index (χ2n) is 11.4. The van der Waals surface area contributed by atoms with Crippen LogP contribution in [-0.4, -0.2) is 19.9 Å². The van der Waals surface area contributed by atoms with Gasteiger partial charge in [-0.25, -0.2) is 75.0 Å². The lowest BCUT2D eigenvalue weighted by Gasteiger charge is -2.08. The van der Waals surface area contributed by atoms with Crippen LogP contribution < -0.4 is 21.4 Å². The fourth-order valence-corrected chi connectivity index (χ4v) is 5.53. The SMILES string of the molecule is CC(=C1N=c2ccccc2=N1)c1nc(-c2nc3c(F)c(F)c(F)c(F)c3o2)nc(-c2ccc3c(c2C#N)=N/C(=C(\C#N)c2c(F)c(F)c(F)c(F)c2F)N=3)n1. The average Bonchev–Trinajstić information content (AvgIpc) is 3.96. The Morgan fingerprint density at radius 2 is 1.18 bits per heavy atom. The van der Waals surface area contributed by atoms with Crippen LogP contribution in [0.4, 0.5) is 39.5 Å². The number of hydrogen-bond acceptors (Lipinski definition) is 11. The molecule has 0 N–H and O–H groups in total. The maximum atomic E-state index is 14.7. The molecule has 20 heteroatoms. The van der Waals surface area contributed by atoms with Crippen molar-refractivity contribution < 1.29 is 43.9 Å². The van der Waals surface area contributed by atoms with Gasteiger partial charge in [0, 0.05) is 11.1 Å². The Kier molecular flexibility index (Phi) is 7.84. The van der Waals surface area contributed by atoms with E-state index < -0.39 is 97.7 Å². The van der Waals surface area contributed by atoms with Gasteiger partial charge in [-0.05, 0) is 31.2 Å². The molecule has 0 saturated heterocycles. The van der Waals surface area contributed by atoms with Crippen LogP contribution in [0.5, 0.6) is 0 Å². The summed E-state index contributed by atoms with van der Waals surface area (Å²) in [5.41, 5.74) is -5.32. The van der Waals surface area contributed by atoms with Crippen molar-refractivity contribution in [3.63, 3.8) is 0 Å². The Morgan fingerprint density at radius 3 is 1.82 bits per heavy atom. The van der Waals surface area contributed by atoms with Gasteiger partial charge >= 0.3 is 0 Å². The molecule has 8 rings (SSSR count). The second kappa shape index (κ2) is 12.5.